The summed E-state index contributed by atoms with van der Waals surface area (Å²) in [6, 6.07) is 10.8. The molecule has 2 heterocycles. The van der Waals surface area contributed by atoms with Crippen molar-refractivity contribution in [3.05, 3.63) is 46.8 Å². The average Bonchev–Trinajstić information content (AvgIpc) is 3.30. The van der Waals surface area contributed by atoms with E-state index in [9.17, 15) is 9.59 Å². The molecule has 0 fully saturated rings. The van der Waals surface area contributed by atoms with E-state index in [1.54, 1.807) is 34.5 Å². The molecule has 3 aromatic rings. The molecule has 0 atom stereocenters. The second kappa shape index (κ2) is 7.69. The average molecular weight is 416 g/mol. The normalized spacial score (nSPS) is 13.1. The first kappa shape index (κ1) is 18.6. The van der Waals surface area contributed by atoms with Crippen molar-refractivity contribution in [3.63, 3.8) is 0 Å². The van der Waals surface area contributed by atoms with Crippen LogP contribution >= 0.6 is 23.1 Å². The molecular formula is C19H16N2O5S2. The van der Waals surface area contributed by atoms with Crippen LogP contribution in [0.25, 0.3) is 10.2 Å². The fraction of sp³-hybridized carbons (Fsp3) is 0.211. The number of nitrogens with zero attached hydrogens (tertiary/aromatic N) is 2. The number of esters is 1. The number of rotatable bonds is 4. The van der Waals surface area contributed by atoms with E-state index >= 15 is 0 Å². The van der Waals surface area contributed by atoms with Gasteiger partial charge < -0.3 is 18.8 Å². The van der Waals surface area contributed by atoms with Crippen molar-refractivity contribution in [2.24, 2.45) is 4.99 Å². The Morgan fingerprint density at radius 2 is 1.93 bits per heavy atom. The maximum absolute atomic E-state index is 12.7. The van der Waals surface area contributed by atoms with Crippen LogP contribution in [0.1, 0.15) is 10.4 Å². The fourth-order valence-corrected chi connectivity index (χ4v) is 4.22. The molecule has 1 amide bonds. The lowest BCUT2D eigenvalue weighted by atomic mass is 10.2. The first-order valence-corrected chi connectivity index (χ1v) is 10.4. The van der Waals surface area contributed by atoms with Gasteiger partial charge in [-0.25, -0.2) is 0 Å². The molecule has 4 rings (SSSR count). The molecule has 0 unspecified atom stereocenters. The summed E-state index contributed by atoms with van der Waals surface area (Å²) in [5, 5.41) is 0. The minimum atomic E-state index is -0.435. The summed E-state index contributed by atoms with van der Waals surface area (Å²) < 4.78 is 18.1. The molecule has 1 aromatic heterocycles. The Balaban J connectivity index is 1.81. The molecule has 0 spiro atoms. The molecule has 28 heavy (non-hydrogen) atoms. The van der Waals surface area contributed by atoms with Gasteiger partial charge in [-0.1, -0.05) is 11.3 Å². The van der Waals surface area contributed by atoms with Crippen molar-refractivity contribution < 1.29 is 23.8 Å². The fourth-order valence-electron chi connectivity index (χ4n) is 2.78. The Hall–Kier alpha value is -2.78. The molecule has 0 radical (unpaired) electrons. The van der Waals surface area contributed by atoms with Crippen molar-refractivity contribution in [3.8, 4) is 11.5 Å². The van der Waals surface area contributed by atoms with Crippen LogP contribution in [0.3, 0.4) is 0 Å². The van der Waals surface area contributed by atoms with E-state index in [-0.39, 0.29) is 19.2 Å². The molecule has 0 N–H and O–H groups in total. The van der Waals surface area contributed by atoms with Crippen LogP contribution in [-0.4, -0.2) is 36.6 Å². The summed E-state index contributed by atoms with van der Waals surface area (Å²) in [6.07, 6.45) is 1.97. The minimum Gasteiger partial charge on any atom is -0.468 e. The van der Waals surface area contributed by atoms with E-state index in [4.69, 9.17) is 14.2 Å². The number of benzene rings is 2. The van der Waals surface area contributed by atoms with Crippen LogP contribution in [0.15, 0.2) is 46.3 Å². The minimum absolute atomic E-state index is 0.0618. The molecule has 2 aromatic carbocycles. The molecule has 144 valence electrons. The number of ether oxygens (including phenoxy) is 3. The largest absolute Gasteiger partial charge is 0.468 e. The molecule has 9 heteroatoms. The van der Waals surface area contributed by atoms with Gasteiger partial charge in [-0.2, -0.15) is 4.99 Å². The maximum Gasteiger partial charge on any atom is 0.325 e. The second-order valence-electron chi connectivity index (χ2n) is 5.87. The van der Waals surface area contributed by atoms with Gasteiger partial charge in [-0.15, -0.1) is 11.8 Å². The van der Waals surface area contributed by atoms with Crippen molar-refractivity contribution in [1.29, 1.82) is 0 Å². The summed E-state index contributed by atoms with van der Waals surface area (Å²) in [6.45, 7) is 0.0963. The zero-order valence-electron chi connectivity index (χ0n) is 15.1. The predicted octanol–water partition coefficient (Wildman–Crippen LogP) is 3.07. The third kappa shape index (κ3) is 3.50. The first-order chi connectivity index (χ1) is 13.6. The van der Waals surface area contributed by atoms with Gasteiger partial charge in [0.15, 0.2) is 16.3 Å². The van der Waals surface area contributed by atoms with E-state index in [2.05, 4.69) is 4.99 Å². The molecule has 0 bridgehead atoms. The van der Waals surface area contributed by atoms with Crippen LogP contribution in [0.2, 0.25) is 0 Å². The summed E-state index contributed by atoms with van der Waals surface area (Å²) in [5.41, 5.74) is 1.21. The van der Waals surface area contributed by atoms with Crippen LogP contribution < -0.4 is 14.3 Å². The summed E-state index contributed by atoms with van der Waals surface area (Å²) >= 11 is 2.90. The highest BCUT2D eigenvalue weighted by Gasteiger charge is 2.19. The molecule has 1 aliphatic heterocycles. The van der Waals surface area contributed by atoms with Crippen LogP contribution in [-0.2, 0) is 16.1 Å². The highest BCUT2D eigenvalue weighted by Crippen LogP contribution is 2.37. The quantitative estimate of drug-likeness (QED) is 0.480. The van der Waals surface area contributed by atoms with E-state index in [1.807, 2.05) is 24.5 Å². The lowest BCUT2D eigenvalue weighted by Gasteiger charge is -2.04. The molecule has 7 nitrogen and oxygen atoms in total. The van der Waals surface area contributed by atoms with Crippen LogP contribution in [0.5, 0.6) is 11.5 Å². The Bertz CT molecular complexity index is 1130. The number of aromatic nitrogens is 1. The first-order valence-electron chi connectivity index (χ1n) is 8.32. The molecular weight excluding hydrogens is 400 g/mol. The van der Waals surface area contributed by atoms with Gasteiger partial charge in [0.25, 0.3) is 5.91 Å². The van der Waals surface area contributed by atoms with Gasteiger partial charge in [-0.05, 0) is 30.5 Å². The summed E-state index contributed by atoms with van der Waals surface area (Å²) in [5.74, 6) is 0.410. The van der Waals surface area contributed by atoms with Gasteiger partial charge in [0, 0.05) is 22.6 Å². The van der Waals surface area contributed by atoms with E-state index < -0.39 is 5.97 Å². The third-order valence-electron chi connectivity index (χ3n) is 4.23. The molecule has 0 saturated carbocycles. The van der Waals surface area contributed by atoms with Crippen LogP contribution in [0, 0.1) is 0 Å². The molecule has 1 aliphatic rings. The standard InChI is InChI=1S/C19H16N2O5S2/c1-24-17(22)9-21-13-7-14-15(26-10-25-14)8-16(13)28-19(21)20-18(23)11-3-5-12(27-2)6-4-11/h3-8H,9-10H2,1-2H3. The Morgan fingerprint density at radius 1 is 1.21 bits per heavy atom. The van der Waals surface area contributed by atoms with Gasteiger partial charge in [0.05, 0.1) is 17.3 Å². The van der Waals surface area contributed by atoms with Gasteiger partial charge >= 0.3 is 5.97 Å². The highest BCUT2D eigenvalue weighted by atomic mass is 32.2. The Morgan fingerprint density at radius 3 is 2.61 bits per heavy atom. The summed E-state index contributed by atoms with van der Waals surface area (Å²) in [7, 11) is 1.32. The zero-order valence-corrected chi connectivity index (χ0v) is 16.8. The molecule has 0 aliphatic carbocycles. The number of amides is 1. The van der Waals surface area contributed by atoms with E-state index in [0.717, 1.165) is 15.1 Å². The lowest BCUT2D eigenvalue weighted by molar-refractivity contribution is -0.141. The van der Waals surface area contributed by atoms with Crippen molar-refractivity contribution in [1.82, 2.24) is 4.57 Å². The second-order valence-corrected chi connectivity index (χ2v) is 7.75. The van der Waals surface area contributed by atoms with Crippen molar-refractivity contribution >= 4 is 45.2 Å². The topological polar surface area (TPSA) is 79.1 Å². The number of methoxy groups -OCH3 is 1. The van der Waals surface area contributed by atoms with E-state index in [1.165, 1.54) is 18.4 Å². The number of hydrogen-bond acceptors (Lipinski definition) is 7. The third-order valence-corrected chi connectivity index (χ3v) is 6.01. The van der Waals surface area contributed by atoms with Gasteiger partial charge in [0.2, 0.25) is 6.79 Å². The van der Waals surface area contributed by atoms with Gasteiger partial charge in [-0.3, -0.25) is 9.59 Å². The Kier molecular flexibility index (Phi) is 5.10. The number of hydrogen-bond donors (Lipinski definition) is 0. The van der Waals surface area contributed by atoms with Crippen molar-refractivity contribution in [2.45, 2.75) is 11.4 Å². The zero-order chi connectivity index (χ0) is 19.7. The monoisotopic (exact) mass is 416 g/mol. The predicted molar refractivity (Wildman–Crippen MR) is 106 cm³/mol. The Labute approximate surface area is 168 Å². The molecule has 0 saturated heterocycles. The number of carbonyl (C=O) groups excluding carboxylic acids is 2. The van der Waals surface area contributed by atoms with E-state index in [0.29, 0.717) is 21.9 Å². The number of thioether (sulfide) groups is 1. The SMILES string of the molecule is COC(=O)Cn1c(=NC(=O)c2ccc(SC)cc2)sc2cc3c(cc21)OCO3. The number of carbonyl (C=O) groups is 2. The maximum atomic E-state index is 12.7. The number of fused-ring (bicyclic) bond motifs is 2. The van der Waals surface area contributed by atoms with Gasteiger partial charge in [0.1, 0.15) is 6.54 Å². The lowest BCUT2D eigenvalue weighted by Crippen LogP contribution is -2.22. The van der Waals surface area contributed by atoms with Crippen LogP contribution in [0.4, 0.5) is 0 Å². The smallest absolute Gasteiger partial charge is 0.325 e. The number of thiazole rings is 1. The summed E-state index contributed by atoms with van der Waals surface area (Å²) in [4.78, 5) is 30.3. The highest BCUT2D eigenvalue weighted by molar-refractivity contribution is 7.98. The van der Waals surface area contributed by atoms with Crippen molar-refractivity contribution in [2.75, 3.05) is 20.2 Å².